The average molecular weight is 421 g/mol. The van der Waals surface area contributed by atoms with E-state index in [0.717, 1.165) is 0 Å². The van der Waals surface area contributed by atoms with E-state index < -0.39 is 0 Å². The second-order valence-electron chi connectivity index (χ2n) is 9.57. The summed E-state index contributed by atoms with van der Waals surface area (Å²) in [6.07, 6.45) is 2.42. The standard InChI is InChI=1S/C33H24/c1-20(2)24-15-17-29-27-8-3-4-9-28(27)31(30(29)18-24)19-25-13-12-23-11-10-21-6-5-7-22-14-16-26(25)33(23)32(21)22/h3-20H,1-2H3/b31-19+. The molecule has 6 aromatic carbocycles. The van der Waals surface area contributed by atoms with Gasteiger partial charge in [0.05, 0.1) is 0 Å². The van der Waals surface area contributed by atoms with Crippen LogP contribution in [0.4, 0.5) is 0 Å². The molecule has 6 aromatic rings. The Hall–Kier alpha value is -3.90. The summed E-state index contributed by atoms with van der Waals surface area (Å²) in [5.41, 5.74) is 9.38. The van der Waals surface area contributed by atoms with Gasteiger partial charge in [-0.2, -0.15) is 0 Å². The van der Waals surface area contributed by atoms with Gasteiger partial charge in [0.2, 0.25) is 0 Å². The van der Waals surface area contributed by atoms with Crippen molar-refractivity contribution in [2.45, 2.75) is 19.8 Å². The third-order valence-corrected chi connectivity index (χ3v) is 7.37. The molecule has 0 atom stereocenters. The first-order chi connectivity index (χ1) is 16.2. The Bertz CT molecular complexity index is 1710. The molecule has 0 bridgehead atoms. The molecule has 33 heavy (non-hydrogen) atoms. The molecule has 0 aromatic heterocycles. The fourth-order valence-electron chi connectivity index (χ4n) is 5.67. The second kappa shape index (κ2) is 6.80. The van der Waals surface area contributed by atoms with E-state index in [-0.39, 0.29) is 0 Å². The summed E-state index contributed by atoms with van der Waals surface area (Å²) < 4.78 is 0. The lowest BCUT2D eigenvalue weighted by molar-refractivity contribution is 0.866. The maximum absolute atomic E-state index is 2.42. The zero-order valence-corrected chi connectivity index (χ0v) is 18.9. The normalized spacial score (nSPS) is 14.1. The molecule has 0 heterocycles. The molecule has 1 aliphatic carbocycles. The second-order valence-corrected chi connectivity index (χ2v) is 9.57. The summed E-state index contributed by atoms with van der Waals surface area (Å²) in [6.45, 7) is 4.54. The van der Waals surface area contributed by atoms with E-state index in [0.29, 0.717) is 5.92 Å². The van der Waals surface area contributed by atoms with E-state index in [2.05, 4.69) is 117 Å². The fraction of sp³-hybridized carbons (Fsp3) is 0.0909. The van der Waals surface area contributed by atoms with Gasteiger partial charge in [0.15, 0.2) is 0 Å². The minimum atomic E-state index is 0.509. The number of hydrogen-bond donors (Lipinski definition) is 0. The van der Waals surface area contributed by atoms with E-state index in [9.17, 15) is 0 Å². The van der Waals surface area contributed by atoms with Crippen LogP contribution in [0, 0.1) is 0 Å². The molecule has 0 unspecified atom stereocenters. The van der Waals surface area contributed by atoms with Gasteiger partial charge < -0.3 is 0 Å². The average Bonchev–Trinajstić information content (AvgIpc) is 3.16. The Kier molecular flexibility index (Phi) is 3.84. The Morgan fingerprint density at radius 2 is 1.21 bits per heavy atom. The van der Waals surface area contributed by atoms with Crippen LogP contribution in [0.3, 0.4) is 0 Å². The molecule has 0 spiro atoms. The smallest absolute Gasteiger partial charge is 0.00208 e. The third kappa shape index (κ3) is 2.64. The third-order valence-electron chi connectivity index (χ3n) is 7.37. The van der Waals surface area contributed by atoms with E-state index in [1.807, 2.05) is 0 Å². The van der Waals surface area contributed by atoms with E-state index in [1.165, 1.54) is 71.3 Å². The van der Waals surface area contributed by atoms with Crippen LogP contribution in [-0.4, -0.2) is 0 Å². The highest BCUT2D eigenvalue weighted by Gasteiger charge is 2.24. The summed E-state index contributed by atoms with van der Waals surface area (Å²) in [5, 5.41) is 8.02. The fourth-order valence-corrected chi connectivity index (χ4v) is 5.67. The summed E-state index contributed by atoms with van der Waals surface area (Å²) >= 11 is 0. The summed E-state index contributed by atoms with van der Waals surface area (Å²) in [4.78, 5) is 0. The zero-order valence-electron chi connectivity index (χ0n) is 18.9. The Morgan fingerprint density at radius 3 is 2.00 bits per heavy atom. The lowest BCUT2D eigenvalue weighted by Gasteiger charge is -2.13. The van der Waals surface area contributed by atoms with Crippen LogP contribution in [0.25, 0.3) is 55.1 Å². The van der Waals surface area contributed by atoms with Crippen molar-refractivity contribution in [3.63, 3.8) is 0 Å². The van der Waals surface area contributed by atoms with Gasteiger partial charge >= 0.3 is 0 Å². The van der Waals surface area contributed by atoms with Crippen LogP contribution < -0.4 is 0 Å². The van der Waals surface area contributed by atoms with E-state index in [4.69, 9.17) is 0 Å². The molecule has 1 aliphatic rings. The lowest BCUT2D eigenvalue weighted by atomic mass is 9.90. The highest BCUT2D eigenvalue weighted by Crippen LogP contribution is 2.46. The SMILES string of the molecule is CC(C)c1ccc2c(c1)/C(=C/c1ccc3ccc4cccc5ccc1c3c45)c1ccccc1-2. The minimum Gasteiger partial charge on any atom is -0.0616 e. The van der Waals surface area contributed by atoms with Gasteiger partial charge in [-0.05, 0) is 83.3 Å². The molecule has 0 N–H and O–H groups in total. The number of fused-ring (bicyclic) bond motifs is 3. The maximum atomic E-state index is 2.42. The Labute approximate surface area is 194 Å². The van der Waals surface area contributed by atoms with Gasteiger partial charge in [-0.15, -0.1) is 0 Å². The number of hydrogen-bond acceptors (Lipinski definition) is 0. The topological polar surface area (TPSA) is 0 Å². The monoisotopic (exact) mass is 420 g/mol. The van der Waals surface area contributed by atoms with Gasteiger partial charge in [0.1, 0.15) is 0 Å². The molecule has 0 saturated heterocycles. The maximum Gasteiger partial charge on any atom is -0.00208 e. The zero-order chi connectivity index (χ0) is 22.1. The van der Waals surface area contributed by atoms with Crippen LogP contribution in [0.1, 0.15) is 42.0 Å². The number of benzene rings is 6. The van der Waals surface area contributed by atoms with Crippen molar-refractivity contribution in [3.8, 4) is 11.1 Å². The summed E-state index contributed by atoms with van der Waals surface area (Å²) in [5.74, 6) is 0.509. The van der Waals surface area contributed by atoms with Gasteiger partial charge in [0, 0.05) is 0 Å². The lowest BCUT2D eigenvalue weighted by Crippen LogP contribution is -1.90. The van der Waals surface area contributed by atoms with E-state index in [1.54, 1.807) is 0 Å². The molecule has 0 nitrogen and oxygen atoms in total. The largest absolute Gasteiger partial charge is 0.0616 e. The first kappa shape index (κ1) is 18.7. The molecular formula is C33H24. The van der Waals surface area contributed by atoms with Crippen molar-refractivity contribution in [2.75, 3.05) is 0 Å². The van der Waals surface area contributed by atoms with Gasteiger partial charge in [0.25, 0.3) is 0 Å². The van der Waals surface area contributed by atoms with Crippen LogP contribution in [0.15, 0.2) is 97.1 Å². The Morgan fingerprint density at radius 1 is 0.545 bits per heavy atom. The molecule has 0 fully saturated rings. The van der Waals surface area contributed by atoms with Crippen molar-refractivity contribution in [1.82, 2.24) is 0 Å². The highest BCUT2D eigenvalue weighted by molar-refractivity contribution is 6.24. The molecule has 0 amide bonds. The van der Waals surface area contributed by atoms with E-state index >= 15 is 0 Å². The van der Waals surface area contributed by atoms with Gasteiger partial charge in [-0.1, -0.05) is 111 Å². The molecule has 0 aliphatic heterocycles. The van der Waals surface area contributed by atoms with Crippen LogP contribution in [-0.2, 0) is 0 Å². The van der Waals surface area contributed by atoms with Crippen molar-refractivity contribution in [1.29, 1.82) is 0 Å². The van der Waals surface area contributed by atoms with Crippen molar-refractivity contribution in [2.24, 2.45) is 0 Å². The molecule has 156 valence electrons. The quantitative estimate of drug-likeness (QED) is 0.244. The van der Waals surface area contributed by atoms with Gasteiger partial charge in [-0.3, -0.25) is 0 Å². The summed E-state index contributed by atoms with van der Waals surface area (Å²) in [6, 6.07) is 36.1. The molecular weight excluding hydrogens is 396 g/mol. The predicted molar refractivity (Wildman–Crippen MR) is 143 cm³/mol. The van der Waals surface area contributed by atoms with Crippen LogP contribution >= 0.6 is 0 Å². The van der Waals surface area contributed by atoms with Crippen molar-refractivity contribution < 1.29 is 0 Å². The minimum absolute atomic E-state index is 0.509. The van der Waals surface area contributed by atoms with Crippen LogP contribution in [0.5, 0.6) is 0 Å². The van der Waals surface area contributed by atoms with Gasteiger partial charge in [-0.25, -0.2) is 0 Å². The first-order valence-corrected chi connectivity index (χ1v) is 11.8. The summed E-state index contributed by atoms with van der Waals surface area (Å²) in [7, 11) is 0. The van der Waals surface area contributed by atoms with Crippen LogP contribution in [0.2, 0.25) is 0 Å². The molecule has 0 saturated carbocycles. The Balaban J connectivity index is 1.54. The number of rotatable bonds is 2. The predicted octanol–water partition coefficient (Wildman–Crippen LogP) is 9.28. The highest BCUT2D eigenvalue weighted by atomic mass is 14.3. The molecule has 0 heteroatoms. The van der Waals surface area contributed by atoms with Crippen molar-refractivity contribution in [3.05, 3.63) is 119 Å². The van der Waals surface area contributed by atoms with Crippen molar-refractivity contribution >= 4 is 44.0 Å². The first-order valence-electron chi connectivity index (χ1n) is 11.8. The molecule has 7 rings (SSSR count). The molecule has 0 radical (unpaired) electrons.